The Morgan fingerprint density at radius 1 is 1.33 bits per heavy atom. The Balaban J connectivity index is 2.09. The highest BCUT2D eigenvalue weighted by molar-refractivity contribution is 7.89. The van der Waals surface area contributed by atoms with Gasteiger partial charge in [0.15, 0.2) is 0 Å². The molecule has 2 aromatic rings. The summed E-state index contributed by atoms with van der Waals surface area (Å²) in [6, 6.07) is 8.99. The van der Waals surface area contributed by atoms with Gasteiger partial charge in [0, 0.05) is 42.2 Å². The zero-order chi connectivity index (χ0) is 14.9. The molecule has 0 radical (unpaired) electrons. The van der Waals surface area contributed by atoms with Gasteiger partial charge in [-0.2, -0.15) is 9.57 Å². The lowest BCUT2D eigenvalue weighted by Crippen LogP contribution is -2.34. The van der Waals surface area contributed by atoms with Gasteiger partial charge in [-0.3, -0.25) is 4.98 Å². The van der Waals surface area contributed by atoms with Crippen LogP contribution in [0.4, 0.5) is 0 Å². The molecule has 1 aliphatic rings. The fourth-order valence-corrected chi connectivity index (χ4v) is 4.37. The fourth-order valence-electron chi connectivity index (χ4n) is 2.47. The standard InChI is InChI=1S/C15H15N3O2S/c16-8-2-10-18(13-5-6-13)21(19,20)15-4-1-3-12-11-17-9-7-14(12)15/h1,3-4,7,9,11,13H,2,5-6,10H2. The first-order chi connectivity index (χ1) is 10.1. The number of aromatic nitrogens is 1. The molecule has 1 aliphatic carbocycles. The van der Waals surface area contributed by atoms with Crippen LogP contribution in [-0.2, 0) is 10.0 Å². The van der Waals surface area contributed by atoms with E-state index in [1.807, 2.05) is 12.1 Å². The lowest BCUT2D eigenvalue weighted by molar-refractivity contribution is 0.411. The van der Waals surface area contributed by atoms with E-state index in [-0.39, 0.29) is 19.0 Å². The molecule has 108 valence electrons. The summed E-state index contributed by atoms with van der Waals surface area (Å²) < 4.78 is 27.3. The molecule has 0 aliphatic heterocycles. The Morgan fingerprint density at radius 3 is 2.86 bits per heavy atom. The first-order valence-corrected chi connectivity index (χ1v) is 8.30. The Morgan fingerprint density at radius 2 is 2.14 bits per heavy atom. The summed E-state index contributed by atoms with van der Waals surface area (Å²) in [5.41, 5.74) is 0. The van der Waals surface area contributed by atoms with E-state index < -0.39 is 10.0 Å². The summed E-state index contributed by atoms with van der Waals surface area (Å²) in [5, 5.41) is 10.2. The van der Waals surface area contributed by atoms with Crippen LogP contribution >= 0.6 is 0 Å². The van der Waals surface area contributed by atoms with Crippen LogP contribution in [0.5, 0.6) is 0 Å². The summed E-state index contributed by atoms with van der Waals surface area (Å²) in [7, 11) is -3.58. The van der Waals surface area contributed by atoms with E-state index in [2.05, 4.69) is 4.98 Å². The maximum absolute atomic E-state index is 12.9. The van der Waals surface area contributed by atoms with E-state index >= 15 is 0 Å². The van der Waals surface area contributed by atoms with Crippen LogP contribution in [0.3, 0.4) is 0 Å². The minimum Gasteiger partial charge on any atom is -0.264 e. The van der Waals surface area contributed by atoms with Crippen LogP contribution in [0.25, 0.3) is 10.8 Å². The Hall–Kier alpha value is -1.97. The highest BCUT2D eigenvalue weighted by Crippen LogP contribution is 2.34. The average Bonchev–Trinajstić information content (AvgIpc) is 3.31. The molecule has 21 heavy (non-hydrogen) atoms. The van der Waals surface area contributed by atoms with E-state index in [4.69, 9.17) is 5.26 Å². The highest BCUT2D eigenvalue weighted by Gasteiger charge is 2.38. The second-order valence-corrected chi connectivity index (χ2v) is 6.97. The molecule has 1 fully saturated rings. The van der Waals surface area contributed by atoms with Gasteiger partial charge in [0.25, 0.3) is 0 Å². The smallest absolute Gasteiger partial charge is 0.243 e. The predicted molar refractivity (Wildman–Crippen MR) is 78.9 cm³/mol. The number of fused-ring (bicyclic) bond motifs is 1. The molecular formula is C15H15N3O2S. The largest absolute Gasteiger partial charge is 0.264 e. The van der Waals surface area contributed by atoms with Crippen molar-refractivity contribution in [2.45, 2.75) is 30.2 Å². The maximum atomic E-state index is 12.9. The second-order valence-electron chi connectivity index (χ2n) is 5.11. The topological polar surface area (TPSA) is 74.1 Å². The minimum absolute atomic E-state index is 0.0421. The SMILES string of the molecule is N#CCCN(C1CC1)S(=O)(=O)c1cccc2cnccc12. The van der Waals surface area contributed by atoms with Crippen LogP contribution < -0.4 is 0 Å². The molecule has 1 heterocycles. The van der Waals surface area contributed by atoms with Crippen LogP contribution in [0.2, 0.25) is 0 Å². The molecule has 3 rings (SSSR count). The molecule has 1 aromatic carbocycles. The van der Waals surface area contributed by atoms with Crippen molar-refractivity contribution in [3.05, 3.63) is 36.7 Å². The lowest BCUT2D eigenvalue weighted by atomic mass is 10.2. The molecule has 1 saturated carbocycles. The van der Waals surface area contributed by atoms with Crippen molar-refractivity contribution in [3.8, 4) is 6.07 Å². The summed E-state index contributed by atoms with van der Waals surface area (Å²) in [5.74, 6) is 0. The van der Waals surface area contributed by atoms with Gasteiger partial charge in [0.1, 0.15) is 0 Å². The molecule has 5 nitrogen and oxygen atoms in total. The van der Waals surface area contributed by atoms with E-state index in [9.17, 15) is 8.42 Å². The summed E-state index contributed by atoms with van der Waals surface area (Å²) in [6.45, 7) is 0.255. The number of nitriles is 1. The Labute approximate surface area is 123 Å². The third-order valence-electron chi connectivity index (χ3n) is 3.63. The molecule has 0 amide bonds. The molecule has 1 aromatic heterocycles. The van der Waals surface area contributed by atoms with Crippen molar-refractivity contribution in [1.82, 2.24) is 9.29 Å². The van der Waals surface area contributed by atoms with E-state index in [1.54, 1.807) is 30.6 Å². The van der Waals surface area contributed by atoms with Gasteiger partial charge < -0.3 is 0 Å². The molecule has 0 N–H and O–H groups in total. The summed E-state index contributed by atoms with van der Waals surface area (Å²) in [4.78, 5) is 4.32. The third-order valence-corrected chi connectivity index (χ3v) is 5.64. The van der Waals surface area contributed by atoms with E-state index in [0.717, 1.165) is 18.2 Å². The average molecular weight is 301 g/mol. The van der Waals surface area contributed by atoms with Crippen molar-refractivity contribution in [2.24, 2.45) is 0 Å². The quantitative estimate of drug-likeness (QED) is 0.849. The molecular weight excluding hydrogens is 286 g/mol. The zero-order valence-corrected chi connectivity index (χ0v) is 12.3. The molecule has 0 spiro atoms. The monoisotopic (exact) mass is 301 g/mol. The predicted octanol–water partition coefficient (Wildman–Crippen LogP) is 2.30. The first-order valence-electron chi connectivity index (χ1n) is 6.86. The third kappa shape index (κ3) is 2.62. The number of benzene rings is 1. The fraction of sp³-hybridized carbons (Fsp3) is 0.333. The van der Waals surface area contributed by atoms with Gasteiger partial charge in [-0.25, -0.2) is 8.42 Å². The normalized spacial score (nSPS) is 15.2. The number of pyridine rings is 1. The lowest BCUT2D eigenvalue weighted by Gasteiger charge is -2.21. The number of hydrogen-bond acceptors (Lipinski definition) is 4. The van der Waals surface area contributed by atoms with E-state index in [1.165, 1.54) is 4.31 Å². The first kappa shape index (κ1) is 14.0. The van der Waals surface area contributed by atoms with Gasteiger partial charge in [-0.05, 0) is 25.0 Å². The van der Waals surface area contributed by atoms with Crippen molar-refractivity contribution in [3.63, 3.8) is 0 Å². The maximum Gasteiger partial charge on any atom is 0.243 e. The van der Waals surface area contributed by atoms with Crippen molar-refractivity contribution < 1.29 is 8.42 Å². The molecule has 0 atom stereocenters. The number of nitrogens with zero attached hydrogens (tertiary/aromatic N) is 3. The van der Waals surface area contributed by atoms with Crippen molar-refractivity contribution in [2.75, 3.05) is 6.54 Å². The molecule has 0 saturated heterocycles. The summed E-state index contributed by atoms with van der Waals surface area (Å²) in [6.07, 6.45) is 5.21. The van der Waals surface area contributed by atoms with Crippen LogP contribution in [0.1, 0.15) is 19.3 Å². The number of sulfonamides is 1. The summed E-state index contributed by atoms with van der Waals surface area (Å²) >= 11 is 0. The molecule has 0 bridgehead atoms. The Bertz CT molecular complexity index is 802. The number of hydrogen-bond donors (Lipinski definition) is 0. The van der Waals surface area contributed by atoms with Crippen LogP contribution in [0, 0.1) is 11.3 Å². The van der Waals surface area contributed by atoms with Gasteiger partial charge >= 0.3 is 0 Å². The zero-order valence-electron chi connectivity index (χ0n) is 11.4. The number of rotatable bonds is 5. The van der Waals surface area contributed by atoms with Gasteiger partial charge in [-0.1, -0.05) is 12.1 Å². The van der Waals surface area contributed by atoms with Crippen LogP contribution in [-0.4, -0.2) is 30.3 Å². The minimum atomic E-state index is -3.58. The van der Waals surface area contributed by atoms with Crippen LogP contribution in [0.15, 0.2) is 41.6 Å². The molecule has 6 heteroatoms. The van der Waals surface area contributed by atoms with Crippen molar-refractivity contribution >= 4 is 20.8 Å². The van der Waals surface area contributed by atoms with E-state index in [0.29, 0.717) is 10.3 Å². The molecule has 0 unspecified atom stereocenters. The van der Waals surface area contributed by atoms with Gasteiger partial charge in [-0.15, -0.1) is 0 Å². The second kappa shape index (κ2) is 5.43. The van der Waals surface area contributed by atoms with Gasteiger partial charge in [0.05, 0.1) is 11.0 Å². The highest BCUT2D eigenvalue weighted by atomic mass is 32.2. The Kier molecular flexibility index (Phi) is 3.62. The van der Waals surface area contributed by atoms with Crippen molar-refractivity contribution in [1.29, 1.82) is 5.26 Å². The van der Waals surface area contributed by atoms with Gasteiger partial charge in [0.2, 0.25) is 10.0 Å².